The molecular formula is C17H19BrN6O. The molecule has 1 aliphatic rings. The van der Waals surface area contributed by atoms with Crippen molar-refractivity contribution in [3.63, 3.8) is 0 Å². The molecule has 25 heavy (non-hydrogen) atoms. The van der Waals surface area contributed by atoms with Crippen molar-refractivity contribution in [3.05, 3.63) is 40.0 Å². The summed E-state index contributed by atoms with van der Waals surface area (Å²) < 4.78 is 9.03. The summed E-state index contributed by atoms with van der Waals surface area (Å²) in [7, 11) is 0. The van der Waals surface area contributed by atoms with Gasteiger partial charge in [-0.15, -0.1) is 5.10 Å². The number of aromatic nitrogens is 5. The minimum atomic E-state index is 0.103. The molecule has 0 amide bonds. The number of nitrogens with zero attached hydrogens (tertiary/aromatic N) is 6. The Hall–Kier alpha value is -2.22. The number of ether oxygens (including phenoxy) is 1. The van der Waals surface area contributed by atoms with Gasteiger partial charge in [-0.3, -0.25) is 0 Å². The van der Waals surface area contributed by atoms with E-state index in [1.807, 2.05) is 39.1 Å². The standard InChI is InChI=1S/C17H19BrN6O/c1-10-16(11(2)24-17(20-10)21-12(3)22-24)25-14-6-7-23(9-14)15-5-4-13(18)8-19-15/h4-5,8,14H,6-7,9H2,1-3H3. The van der Waals surface area contributed by atoms with Crippen LogP contribution in [0.3, 0.4) is 0 Å². The first kappa shape index (κ1) is 16.3. The van der Waals surface area contributed by atoms with Gasteiger partial charge in [0.05, 0.1) is 17.9 Å². The molecule has 8 heteroatoms. The van der Waals surface area contributed by atoms with Gasteiger partial charge >= 0.3 is 0 Å². The van der Waals surface area contributed by atoms with Gasteiger partial charge < -0.3 is 9.64 Å². The normalized spacial score (nSPS) is 17.4. The van der Waals surface area contributed by atoms with Crippen molar-refractivity contribution < 1.29 is 4.74 Å². The minimum absolute atomic E-state index is 0.103. The zero-order valence-electron chi connectivity index (χ0n) is 14.4. The number of anilines is 1. The molecule has 0 radical (unpaired) electrons. The largest absolute Gasteiger partial charge is 0.485 e. The third-order valence-corrected chi connectivity index (χ3v) is 4.87. The van der Waals surface area contributed by atoms with Crippen molar-refractivity contribution in [1.82, 2.24) is 24.6 Å². The Morgan fingerprint density at radius 3 is 2.80 bits per heavy atom. The lowest BCUT2D eigenvalue weighted by molar-refractivity contribution is 0.219. The molecule has 0 N–H and O–H groups in total. The van der Waals surface area contributed by atoms with Gasteiger partial charge in [-0.25, -0.2) is 9.97 Å². The van der Waals surface area contributed by atoms with E-state index in [9.17, 15) is 0 Å². The average molecular weight is 403 g/mol. The zero-order valence-corrected chi connectivity index (χ0v) is 16.0. The summed E-state index contributed by atoms with van der Waals surface area (Å²) in [5.74, 6) is 3.10. The number of aryl methyl sites for hydroxylation is 3. The van der Waals surface area contributed by atoms with Crippen molar-refractivity contribution in [1.29, 1.82) is 0 Å². The molecule has 1 fully saturated rings. The van der Waals surface area contributed by atoms with E-state index in [0.717, 1.165) is 46.9 Å². The summed E-state index contributed by atoms with van der Waals surface area (Å²) in [6, 6.07) is 4.03. The SMILES string of the molecule is Cc1nc2nc(C)c(OC3CCN(c4ccc(Br)cn4)C3)c(C)n2n1. The molecule has 1 unspecified atom stereocenters. The third kappa shape index (κ3) is 3.06. The number of fused-ring (bicyclic) bond motifs is 1. The number of hydrogen-bond donors (Lipinski definition) is 0. The van der Waals surface area contributed by atoms with Crippen molar-refractivity contribution in [2.45, 2.75) is 33.3 Å². The molecule has 4 rings (SSSR count). The van der Waals surface area contributed by atoms with Gasteiger partial charge in [0.1, 0.15) is 17.7 Å². The Balaban J connectivity index is 1.55. The Morgan fingerprint density at radius 2 is 2.04 bits per heavy atom. The maximum atomic E-state index is 6.30. The van der Waals surface area contributed by atoms with Gasteiger partial charge in [-0.1, -0.05) is 0 Å². The van der Waals surface area contributed by atoms with E-state index in [4.69, 9.17) is 4.74 Å². The lowest BCUT2D eigenvalue weighted by Crippen LogP contribution is -2.26. The molecule has 3 aromatic rings. The first-order chi connectivity index (χ1) is 12.0. The fourth-order valence-corrected chi connectivity index (χ4v) is 3.42. The van der Waals surface area contributed by atoms with Gasteiger partial charge in [-0.2, -0.15) is 9.50 Å². The second-order valence-electron chi connectivity index (χ2n) is 6.29. The zero-order chi connectivity index (χ0) is 17.6. The highest BCUT2D eigenvalue weighted by molar-refractivity contribution is 9.10. The molecule has 0 spiro atoms. The fourth-order valence-electron chi connectivity index (χ4n) is 3.18. The van der Waals surface area contributed by atoms with E-state index in [1.165, 1.54) is 0 Å². The van der Waals surface area contributed by atoms with Crippen LogP contribution in [0.15, 0.2) is 22.8 Å². The van der Waals surface area contributed by atoms with Crippen LogP contribution >= 0.6 is 15.9 Å². The van der Waals surface area contributed by atoms with Gasteiger partial charge in [-0.05, 0) is 48.8 Å². The Bertz CT molecular complexity index is 923. The average Bonchev–Trinajstić information content (AvgIpc) is 3.18. The maximum Gasteiger partial charge on any atom is 0.253 e. The smallest absolute Gasteiger partial charge is 0.253 e. The summed E-state index contributed by atoms with van der Waals surface area (Å²) in [5.41, 5.74) is 1.78. The van der Waals surface area contributed by atoms with Crippen LogP contribution in [-0.4, -0.2) is 43.8 Å². The first-order valence-electron chi connectivity index (χ1n) is 8.25. The van der Waals surface area contributed by atoms with Gasteiger partial charge in [0.2, 0.25) is 0 Å². The minimum Gasteiger partial charge on any atom is -0.485 e. The highest BCUT2D eigenvalue weighted by atomic mass is 79.9. The van der Waals surface area contributed by atoms with Crippen LogP contribution in [0.5, 0.6) is 5.75 Å². The van der Waals surface area contributed by atoms with Gasteiger partial charge in [0.25, 0.3) is 5.78 Å². The predicted octanol–water partition coefficient (Wildman–Crippen LogP) is 2.86. The van der Waals surface area contributed by atoms with E-state index in [2.05, 4.69) is 40.9 Å². The number of hydrogen-bond acceptors (Lipinski definition) is 6. The van der Waals surface area contributed by atoms with Crippen LogP contribution in [0.25, 0.3) is 5.78 Å². The highest BCUT2D eigenvalue weighted by Gasteiger charge is 2.27. The van der Waals surface area contributed by atoms with Crippen molar-refractivity contribution >= 4 is 27.5 Å². The van der Waals surface area contributed by atoms with Crippen molar-refractivity contribution in [2.24, 2.45) is 0 Å². The summed E-state index contributed by atoms with van der Waals surface area (Å²) in [6.07, 6.45) is 2.88. The summed E-state index contributed by atoms with van der Waals surface area (Å²) in [4.78, 5) is 15.6. The van der Waals surface area contributed by atoms with E-state index >= 15 is 0 Å². The lowest BCUT2D eigenvalue weighted by atomic mass is 10.3. The van der Waals surface area contributed by atoms with Gasteiger partial charge in [0, 0.05) is 23.6 Å². The molecule has 0 saturated carbocycles. The van der Waals surface area contributed by atoms with Crippen LogP contribution in [0.1, 0.15) is 23.6 Å². The van der Waals surface area contributed by atoms with Crippen LogP contribution in [-0.2, 0) is 0 Å². The molecule has 1 saturated heterocycles. The summed E-state index contributed by atoms with van der Waals surface area (Å²) in [5, 5.41) is 4.40. The second-order valence-corrected chi connectivity index (χ2v) is 7.21. The Kier molecular flexibility index (Phi) is 4.07. The Labute approximate surface area is 154 Å². The van der Waals surface area contributed by atoms with E-state index < -0.39 is 0 Å². The number of halogens is 1. The molecule has 0 aliphatic carbocycles. The van der Waals surface area contributed by atoms with Crippen LogP contribution in [0.4, 0.5) is 5.82 Å². The summed E-state index contributed by atoms with van der Waals surface area (Å²) >= 11 is 3.42. The number of rotatable bonds is 3. The predicted molar refractivity (Wildman–Crippen MR) is 98.2 cm³/mol. The van der Waals surface area contributed by atoms with Crippen molar-refractivity contribution in [3.8, 4) is 5.75 Å². The Morgan fingerprint density at radius 1 is 1.20 bits per heavy atom. The van der Waals surface area contributed by atoms with Crippen LogP contribution in [0.2, 0.25) is 0 Å². The molecule has 1 atom stereocenters. The van der Waals surface area contributed by atoms with Crippen LogP contribution < -0.4 is 9.64 Å². The third-order valence-electron chi connectivity index (χ3n) is 4.40. The number of pyridine rings is 1. The van der Waals surface area contributed by atoms with E-state index in [1.54, 1.807) is 4.52 Å². The van der Waals surface area contributed by atoms with E-state index in [0.29, 0.717) is 11.6 Å². The van der Waals surface area contributed by atoms with E-state index in [-0.39, 0.29) is 6.10 Å². The molecule has 7 nitrogen and oxygen atoms in total. The molecule has 0 bridgehead atoms. The molecule has 4 heterocycles. The molecule has 3 aromatic heterocycles. The quantitative estimate of drug-likeness (QED) is 0.670. The topological polar surface area (TPSA) is 68.4 Å². The monoisotopic (exact) mass is 402 g/mol. The highest BCUT2D eigenvalue weighted by Crippen LogP contribution is 2.27. The fraction of sp³-hybridized carbons (Fsp3) is 0.412. The summed E-state index contributed by atoms with van der Waals surface area (Å²) in [6.45, 7) is 7.55. The second kappa shape index (κ2) is 6.25. The maximum absolute atomic E-state index is 6.30. The van der Waals surface area contributed by atoms with Crippen molar-refractivity contribution in [2.75, 3.05) is 18.0 Å². The molecule has 0 aromatic carbocycles. The molecule has 1 aliphatic heterocycles. The van der Waals surface area contributed by atoms with Gasteiger partial charge in [0.15, 0.2) is 5.75 Å². The molecule has 130 valence electrons. The van der Waals surface area contributed by atoms with Crippen LogP contribution in [0, 0.1) is 20.8 Å². The first-order valence-corrected chi connectivity index (χ1v) is 9.04. The lowest BCUT2D eigenvalue weighted by Gasteiger charge is -2.19. The molecular weight excluding hydrogens is 384 g/mol.